The molecule has 0 fully saturated rings. The number of methoxy groups -OCH3 is 2. The molecule has 1 aromatic carbocycles. The summed E-state index contributed by atoms with van der Waals surface area (Å²) in [4.78, 5) is 23.6. The summed E-state index contributed by atoms with van der Waals surface area (Å²) in [5.74, 6) is -2.09. The summed E-state index contributed by atoms with van der Waals surface area (Å²) >= 11 is 1.80. The molecule has 0 amide bonds. The van der Waals surface area contributed by atoms with Crippen LogP contribution in [0.25, 0.3) is 5.69 Å². The summed E-state index contributed by atoms with van der Waals surface area (Å²) in [7, 11) is 2.35. The van der Waals surface area contributed by atoms with Crippen molar-refractivity contribution in [2.45, 2.75) is 0 Å². The fraction of sp³-hybridized carbons (Fsp3) is 0.154. The summed E-state index contributed by atoms with van der Waals surface area (Å²) in [5.41, 5.74) is -0.174. The Morgan fingerprint density at radius 3 is 2.38 bits per heavy atom. The van der Waals surface area contributed by atoms with Crippen LogP contribution in [0.4, 0.5) is 4.39 Å². The van der Waals surface area contributed by atoms with Gasteiger partial charge in [0.25, 0.3) is 0 Å². The number of benzene rings is 1. The van der Waals surface area contributed by atoms with Crippen molar-refractivity contribution in [3.63, 3.8) is 0 Å². The number of carbonyl (C=O) groups excluding carboxylic acids is 2. The normalized spacial score (nSPS) is 10.3. The van der Waals surface area contributed by atoms with Gasteiger partial charge in [-0.1, -0.05) is 12.1 Å². The lowest BCUT2D eigenvalue weighted by atomic mass is 10.2. The van der Waals surface area contributed by atoms with Crippen molar-refractivity contribution in [1.29, 1.82) is 0 Å². The number of esters is 2. The first kappa shape index (κ1) is 15.4. The monoisotopic (exact) mass is 404 g/mol. The number of nitrogens with zero attached hydrogens (tertiary/aromatic N) is 2. The van der Waals surface area contributed by atoms with Crippen LogP contribution in [0.2, 0.25) is 0 Å². The van der Waals surface area contributed by atoms with E-state index in [1.165, 1.54) is 32.4 Å². The quantitative estimate of drug-likeness (QED) is 0.580. The smallest absolute Gasteiger partial charge is 0.359 e. The SMILES string of the molecule is COC(=O)c1nn(-c2ccccc2F)c(I)c1C(=O)OC. The van der Waals surface area contributed by atoms with Crippen molar-refractivity contribution in [1.82, 2.24) is 9.78 Å². The second-order valence-electron chi connectivity index (χ2n) is 3.86. The van der Waals surface area contributed by atoms with Crippen molar-refractivity contribution in [2.75, 3.05) is 14.2 Å². The number of halogens is 2. The van der Waals surface area contributed by atoms with Crippen LogP contribution in [0.5, 0.6) is 0 Å². The minimum Gasteiger partial charge on any atom is -0.465 e. The van der Waals surface area contributed by atoms with E-state index in [1.54, 1.807) is 28.7 Å². The average molecular weight is 404 g/mol. The maximum atomic E-state index is 13.9. The number of carbonyl (C=O) groups is 2. The molecule has 6 nitrogen and oxygen atoms in total. The van der Waals surface area contributed by atoms with Gasteiger partial charge in [0.05, 0.1) is 14.2 Å². The third-order valence-electron chi connectivity index (χ3n) is 2.68. The maximum absolute atomic E-state index is 13.9. The van der Waals surface area contributed by atoms with Crippen LogP contribution in [0.15, 0.2) is 24.3 Å². The zero-order chi connectivity index (χ0) is 15.6. The van der Waals surface area contributed by atoms with Gasteiger partial charge in [-0.05, 0) is 34.7 Å². The zero-order valence-corrected chi connectivity index (χ0v) is 13.3. The first-order valence-corrected chi connectivity index (χ1v) is 6.79. The number of para-hydroxylation sites is 1. The van der Waals surface area contributed by atoms with E-state index < -0.39 is 17.8 Å². The van der Waals surface area contributed by atoms with Gasteiger partial charge in [0, 0.05) is 0 Å². The maximum Gasteiger partial charge on any atom is 0.359 e. The lowest BCUT2D eigenvalue weighted by Crippen LogP contribution is -2.11. The molecule has 0 aliphatic carbocycles. The fourth-order valence-electron chi connectivity index (χ4n) is 1.70. The molecule has 0 N–H and O–H groups in total. The Labute approximate surface area is 133 Å². The highest BCUT2D eigenvalue weighted by Gasteiger charge is 2.29. The number of aromatic nitrogens is 2. The minimum atomic E-state index is -0.802. The number of ether oxygens (including phenoxy) is 2. The van der Waals surface area contributed by atoms with E-state index in [9.17, 15) is 14.0 Å². The van der Waals surface area contributed by atoms with Crippen LogP contribution in [0, 0.1) is 9.52 Å². The van der Waals surface area contributed by atoms with E-state index in [1.807, 2.05) is 0 Å². The highest BCUT2D eigenvalue weighted by atomic mass is 127. The Bertz CT molecular complexity index is 714. The Morgan fingerprint density at radius 1 is 1.19 bits per heavy atom. The molecule has 0 bridgehead atoms. The van der Waals surface area contributed by atoms with E-state index in [-0.39, 0.29) is 20.6 Å². The van der Waals surface area contributed by atoms with Gasteiger partial charge in [-0.3, -0.25) is 0 Å². The van der Waals surface area contributed by atoms with E-state index in [2.05, 4.69) is 14.6 Å². The molecule has 8 heteroatoms. The summed E-state index contributed by atoms with van der Waals surface area (Å²) in [6, 6.07) is 5.87. The van der Waals surface area contributed by atoms with Crippen molar-refractivity contribution in [2.24, 2.45) is 0 Å². The molecule has 0 aliphatic rings. The predicted molar refractivity (Wildman–Crippen MR) is 78.9 cm³/mol. The largest absolute Gasteiger partial charge is 0.465 e. The molecule has 0 atom stereocenters. The van der Waals surface area contributed by atoms with Crippen LogP contribution < -0.4 is 0 Å². The molecule has 0 unspecified atom stereocenters. The van der Waals surface area contributed by atoms with Gasteiger partial charge in [-0.25, -0.2) is 18.7 Å². The Balaban J connectivity index is 2.70. The van der Waals surface area contributed by atoms with Crippen LogP contribution >= 0.6 is 22.6 Å². The minimum absolute atomic E-state index is 0.0618. The standard InChI is InChI=1S/C13H10FIN2O4/c1-20-12(18)9-10(13(19)21-2)16-17(11(9)15)8-6-4-3-5-7(8)14/h3-6H,1-2H3. The van der Waals surface area contributed by atoms with E-state index in [0.29, 0.717) is 0 Å². The van der Waals surface area contributed by atoms with Crippen molar-refractivity contribution < 1.29 is 23.5 Å². The molecule has 21 heavy (non-hydrogen) atoms. The van der Waals surface area contributed by atoms with Crippen LogP contribution in [0.1, 0.15) is 20.8 Å². The Morgan fingerprint density at radius 2 is 1.81 bits per heavy atom. The molecule has 1 heterocycles. The van der Waals surface area contributed by atoms with Gasteiger partial charge in [0.15, 0.2) is 5.69 Å². The van der Waals surface area contributed by atoms with Gasteiger partial charge in [-0.2, -0.15) is 5.10 Å². The van der Waals surface area contributed by atoms with Crippen LogP contribution in [0.3, 0.4) is 0 Å². The van der Waals surface area contributed by atoms with E-state index in [4.69, 9.17) is 0 Å². The van der Waals surface area contributed by atoms with Gasteiger partial charge in [0.1, 0.15) is 20.8 Å². The molecule has 1 aromatic heterocycles. The summed E-state index contributed by atoms with van der Waals surface area (Å²) in [5, 5.41) is 3.97. The number of hydrogen-bond donors (Lipinski definition) is 0. The Hall–Kier alpha value is -1.97. The van der Waals surface area contributed by atoms with Crippen molar-refractivity contribution >= 4 is 34.5 Å². The number of hydrogen-bond acceptors (Lipinski definition) is 5. The molecule has 0 saturated heterocycles. The first-order chi connectivity index (χ1) is 10.0. The van der Waals surface area contributed by atoms with Gasteiger partial charge in [-0.15, -0.1) is 0 Å². The molecule has 110 valence electrons. The predicted octanol–water partition coefficient (Wildman–Crippen LogP) is 2.19. The second kappa shape index (κ2) is 6.20. The average Bonchev–Trinajstić information content (AvgIpc) is 2.83. The molecule has 0 spiro atoms. The molecular weight excluding hydrogens is 394 g/mol. The molecule has 2 aromatic rings. The van der Waals surface area contributed by atoms with E-state index >= 15 is 0 Å². The van der Waals surface area contributed by atoms with Gasteiger partial charge < -0.3 is 9.47 Å². The third kappa shape index (κ3) is 2.75. The van der Waals surface area contributed by atoms with Crippen LogP contribution in [-0.4, -0.2) is 35.9 Å². The zero-order valence-electron chi connectivity index (χ0n) is 11.1. The molecule has 0 saturated carbocycles. The third-order valence-corrected chi connectivity index (χ3v) is 3.67. The molecular formula is C13H10FIN2O4. The molecule has 2 rings (SSSR count). The second-order valence-corrected chi connectivity index (χ2v) is 4.88. The van der Waals surface area contributed by atoms with Crippen molar-refractivity contribution in [3.05, 3.63) is 45.0 Å². The molecule has 0 aliphatic heterocycles. The lowest BCUT2D eigenvalue weighted by Gasteiger charge is -2.04. The number of rotatable bonds is 3. The molecule has 0 radical (unpaired) electrons. The van der Waals surface area contributed by atoms with Crippen LogP contribution in [-0.2, 0) is 9.47 Å². The lowest BCUT2D eigenvalue weighted by molar-refractivity contribution is 0.0551. The summed E-state index contributed by atoms with van der Waals surface area (Å²) in [6.07, 6.45) is 0. The van der Waals surface area contributed by atoms with E-state index in [0.717, 1.165) is 4.68 Å². The highest BCUT2D eigenvalue weighted by Crippen LogP contribution is 2.23. The fourth-order valence-corrected chi connectivity index (χ4v) is 2.55. The first-order valence-electron chi connectivity index (χ1n) is 5.71. The van der Waals surface area contributed by atoms with Gasteiger partial charge >= 0.3 is 11.9 Å². The van der Waals surface area contributed by atoms with Crippen molar-refractivity contribution in [3.8, 4) is 5.69 Å². The Kier molecular flexibility index (Phi) is 4.56. The highest BCUT2D eigenvalue weighted by molar-refractivity contribution is 14.1. The summed E-state index contributed by atoms with van der Waals surface area (Å²) in [6.45, 7) is 0. The summed E-state index contributed by atoms with van der Waals surface area (Å²) < 4.78 is 24.5. The topological polar surface area (TPSA) is 70.4 Å². The van der Waals surface area contributed by atoms with Gasteiger partial charge in [0.2, 0.25) is 0 Å².